The number of nitrogens with zero attached hydrogens (tertiary/aromatic N) is 2. The summed E-state index contributed by atoms with van der Waals surface area (Å²) in [7, 11) is 1.13. The third-order valence-electron chi connectivity index (χ3n) is 2.04. The lowest BCUT2D eigenvalue weighted by Crippen LogP contribution is -2.12. The molecule has 0 unspecified atom stereocenters. The number of nitriles is 1. The molecule has 1 rings (SSSR count). The molecule has 7 heteroatoms. The molecule has 0 amide bonds. The molecule has 0 aromatic carbocycles. The minimum Gasteiger partial charge on any atom is -0.469 e. The molecular formula is C10H9F2N3O2. The molecule has 90 valence electrons. The maximum absolute atomic E-state index is 12.8. The lowest BCUT2D eigenvalue weighted by molar-refractivity contribution is -0.139. The molecule has 1 aromatic heterocycles. The SMILES string of the molecule is COC(=O)Cc1nc(N)cc(C#N)c1C(F)F. The zero-order valence-electron chi connectivity index (χ0n) is 8.91. The Morgan fingerprint density at radius 2 is 2.35 bits per heavy atom. The molecule has 0 fully saturated rings. The first kappa shape index (κ1) is 12.8. The van der Waals surface area contributed by atoms with E-state index in [2.05, 4.69) is 9.72 Å². The van der Waals surface area contributed by atoms with Crippen molar-refractivity contribution in [2.24, 2.45) is 0 Å². The molecule has 0 spiro atoms. The van der Waals surface area contributed by atoms with E-state index in [0.29, 0.717) is 0 Å². The highest BCUT2D eigenvalue weighted by Crippen LogP contribution is 2.27. The molecule has 1 heterocycles. The highest BCUT2D eigenvalue weighted by Gasteiger charge is 2.22. The number of hydrogen-bond acceptors (Lipinski definition) is 5. The lowest BCUT2D eigenvalue weighted by atomic mass is 10.1. The Bertz CT molecular complexity index is 483. The quantitative estimate of drug-likeness (QED) is 0.803. The van der Waals surface area contributed by atoms with Crippen molar-refractivity contribution in [3.8, 4) is 6.07 Å². The molecule has 1 aromatic rings. The van der Waals surface area contributed by atoms with E-state index in [0.717, 1.165) is 13.2 Å². The van der Waals surface area contributed by atoms with E-state index >= 15 is 0 Å². The van der Waals surface area contributed by atoms with Gasteiger partial charge in [0.25, 0.3) is 6.43 Å². The van der Waals surface area contributed by atoms with Crippen LogP contribution in [0.15, 0.2) is 6.07 Å². The number of aromatic nitrogens is 1. The number of carbonyl (C=O) groups excluding carboxylic acids is 1. The Morgan fingerprint density at radius 3 is 2.82 bits per heavy atom. The normalized spacial score (nSPS) is 10.1. The molecular weight excluding hydrogens is 232 g/mol. The van der Waals surface area contributed by atoms with Crippen molar-refractivity contribution in [1.82, 2.24) is 4.98 Å². The summed E-state index contributed by atoms with van der Waals surface area (Å²) in [5.74, 6) is -0.821. The van der Waals surface area contributed by atoms with E-state index in [1.807, 2.05) is 0 Å². The first-order valence-corrected chi connectivity index (χ1v) is 4.54. The Labute approximate surface area is 95.8 Å². The van der Waals surface area contributed by atoms with Crippen LogP contribution in [0.1, 0.15) is 23.2 Å². The third-order valence-corrected chi connectivity index (χ3v) is 2.04. The van der Waals surface area contributed by atoms with Crippen LogP contribution in [-0.4, -0.2) is 18.1 Å². The summed E-state index contributed by atoms with van der Waals surface area (Å²) in [5.41, 5.74) is 4.27. The Hall–Kier alpha value is -2.23. The fraction of sp³-hybridized carbons (Fsp3) is 0.300. The molecule has 0 bridgehead atoms. The molecule has 0 saturated carbocycles. The predicted octanol–water partition coefficient (Wildman–Crippen LogP) is 1.19. The van der Waals surface area contributed by atoms with Gasteiger partial charge in [-0.1, -0.05) is 0 Å². The van der Waals surface area contributed by atoms with Gasteiger partial charge < -0.3 is 10.5 Å². The van der Waals surface area contributed by atoms with Gasteiger partial charge in [0.1, 0.15) is 5.82 Å². The third kappa shape index (κ3) is 2.87. The summed E-state index contributed by atoms with van der Waals surface area (Å²) in [6.45, 7) is 0. The van der Waals surface area contributed by atoms with Crippen LogP contribution < -0.4 is 5.73 Å². The van der Waals surface area contributed by atoms with Crippen molar-refractivity contribution in [1.29, 1.82) is 5.26 Å². The molecule has 0 radical (unpaired) electrons. The van der Waals surface area contributed by atoms with Gasteiger partial charge in [-0.3, -0.25) is 4.79 Å². The van der Waals surface area contributed by atoms with Crippen LogP contribution in [0.5, 0.6) is 0 Å². The van der Waals surface area contributed by atoms with E-state index in [-0.39, 0.29) is 17.1 Å². The van der Waals surface area contributed by atoms with Crippen molar-refractivity contribution in [2.75, 3.05) is 12.8 Å². The summed E-state index contributed by atoms with van der Waals surface area (Å²) < 4.78 is 29.9. The Balaban J connectivity index is 3.31. The van der Waals surface area contributed by atoms with Gasteiger partial charge in [-0.25, -0.2) is 13.8 Å². The standard InChI is InChI=1S/C10H9F2N3O2/c1-17-8(16)3-6-9(10(11)12)5(4-13)2-7(14)15-6/h2,10H,3H2,1H3,(H2,14,15). The summed E-state index contributed by atoms with van der Waals surface area (Å²) in [6, 6.07) is 2.64. The highest BCUT2D eigenvalue weighted by molar-refractivity contribution is 5.73. The number of carbonyl (C=O) groups is 1. The average molecular weight is 241 g/mol. The van der Waals surface area contributed by atoms with Crippen molar-refractivity contribution in [3.05, 3.63) is 22.9 Å². The topological polar surface area (TPSA) is 89.0 Å². The van der Waals surface area contributed by atoms with Gasteiger partial charge >= 0.3 is 5.97 Å². The van der Waals surface area contributed by atoms with Gasteiger partial charge in [0.2, 0.25) is 0 Å². The van der Waals surface area contributed by atoms with Gasteiger partial charge in [0.15, 0.2) is 0 Å². The van der Waals surface area contributed by atoms with Crippen LogP contribution in [0.25, 0.3) is 0 Å². The molecule has 0 atom stereocenters. The molecule has 0 saturated heterocycles. The molecule has 2 N–H and O–H groups in total. The minimum atomic E-state index is -2.91. The van der Waals surface area contributed by atoms with Gasteiger partial charge in [-0.2, -0.15) is 5.26 Å². The first-order valence-electron chi connectivity index (χ1n) is 4.54. The fourth-order valence-electron chi connectivity index (χ4n) is 1.31. The number of halogens is 2. The second kappa shape index (κ2) is 5.21. The van der Waals surface area contributed by atoms with Crippen LogP contribution in [0.2, 0.25) is 0 Å². The van der Waals surface area contributed by atoms with Crippen molar-refractivity contribution < 1.29 is 18.3 Å². The van der Waals surface area contributed by atoms with Crippen LogP contribution in [0.3, 0.4) is 0 Å². The van der Waals surface area contributed by atoms with Crippen molar-refractivity contribution in [2.45, 2.75) is 12.8 Å². The average Bonchev–Trinajstić information content (AvgIpc) is 2.27. The maximum atomic E-state index is 12.8. The maximum Gasteiger partial charge on any atom is 0.311 e. The molecule has 0 aliphatic rings. The lowest BCUT2D eigenvalue weighted by Gasteiger charge is -2.09. The second-order valence-electron chi connectivity index (χ2n) is 3.12. The number of methoxy groups -OCH3 is 1. The number of hydrogen-bond donors (Lipinski definition) is 1. The van der Waals surface area contributed by atoms with Gasteiger partial charge in [-0.05, 0) is 6.07 Å². The number of nitrogen functional groups attached to an aromatic ring is 1. The second-order valence-corrected chi connectivity index (χ2v) is 3.12. The first-order chi connectivity index (χ1) is 7.99. The fourth-order valence-corrected chi connectivity index (χ4v) is 1.31. The molecule has 17 heavy (non-hydrogen) atoms. The smallest absolute Gasteiger partial charge is 0.311 e. The molecule has 5 nitrogen and oxygen atoms in total. The summed E-state index contributed by atoms with van der Waals surface area (Å²) in [6.07, 6.45) is -3.35. The van der Waals surface area contributed by atoms with Crippen LogP contribution in [0, 0.1) is 11.3 Å². The zero-order valence-corrected chi connectivity index (χ0v) is 8.91. The largest absolute Gasteiger partial charge is 0.469 e. The Kier molecular flexibility index (Phi) is 3.93. The number of esters is 1. The highest BCUT2D eigenvalue weighted by atomic mass is 19.3. The summed E-state index contributed by atoms with van der Waals surface area (Å²) >= 11 is 0. The summed E-state index contributed by atoms with van der Waals surface area (Å²) in [5, 5.41) is 8.72. The number of rotatable bonds is 3. The monoisotopic (exact) mass is 241 g/mol. The van der Waals surface area contributed by atoms with Crippen LogP contribution >= 0.6 is 0 Å². The van der Waals surface area contributed by atoms with Gasteiger partial charge in [0, 0.05) is 0 Å². The number of ether oxygens (including phenoxy) is 1. The van der Waals surface area contributed by atoms with Crippen LogP contribution in [0.4, 0.5) is 14.6 Å². The number of anilines is 1. The Morgan fingerprint density at radius 1 is 1.71 bits per heavy atom. The van der Waals surface area contributed by atoms with Crippen LogP contribution in [-0.2, 0) is 16.0 Å². The van der Waals surface area contributed by atoms with Gasteiger partial charge in [0.05, 0.1) is 36.4 Å². The summed E-state index contributed by atoms with van der Waals surface area (Å²) in [4.78, 5) is 14.7. The zero-order chi connectivity index (χ0) is 13.0. The molecule has 0 aliphatic heterocycles. The number of pyridine rings is 1. The van der Waals surface area contributed by atoms with Gasteiger partial charge in [-0.15, -0.1) is 0 Å². The molecule has 0 aliphatic carbocycles. The van der Waals surface area contributed by atoms with E-state index < -0.39 is 24.4 Å². The predicted molar refractivity (Wildman–Crippen MR) is 54.0 cm³/mol. The van der Waals surface area contributed by atoms with E-state index in [9.17, 15) is 13.6 Å². The minimum absolute atomic E-state index is 0.0927. The number of alkyl halides is 2. The van der Waals surface area contributed by atoms with Crippen molar-refractivity contribution >= 4 is 11.8 Å². The van der Waals surface area contributed by atoms with E-state index in [1.165, 1.54) is 0 Å². The van der Waals surface area contributed by atoms with Crippen molar-refractivity contribution in [3.63, 3.8) is 0 Å². The van der Waals surface area contributed by atoms with E-state index in [1.54, 1.807) is 6.07 Å². The van der Waals surface area contributed by atoms with E-state index in [4.69, 9.17) is 11.0 Å². The number of nitrogens with two attached hydrogens (primary N) is 1.